The molecule has 1 aliphatic carbocycles. The molecule has 0 bridgehead atoms. The van der Waals surface area contributed by atoms with E-state index < -0.39 is 15.6 Å². The van der Waals surface area contributed by atoms with E-state index in [1.807, 2.05) is 11.8 Å². The highest BCUT2D eigenvalue weighted by Gasteiger charge is 2.31. The Morgan fingerprint density at radius 3 is 2.71 bits per heavy atom. The first-order chi connectivity index (χ1) is 9.95. The summed E-state index contributed by atoms with van der Waals surface area (Å²) in [5.41, 5.74) is 0.282. The number of sulfone groups is 1. The summed E-state index contributed by atoms with van der Waals surface area (Å²) in [5, 5.41) is 3.69. The minimum absolute atomic E-state index is 0.142. The Morgan fingerprint density at radius 2 is 2.05 bits per heavy atom. The maximum absolute atomic E-state index is 12.7. The zero-order valence-electron chi connectivity index (χ0n) is 11.8. The van der Waals surface area contributed by atoms with E-state index >= 15 is 0 Å². The summed E-state index contributed by atoms with van der Waals surface area (Å²) in [6, 6.07) is 6.04. The van der Waals surface area contributed by atoms with Crippen LogP contribution in [0.5, 0.6) is 0 Å². The van der Waals surface area contributed by atoms with Gasteiger partial charge in [0.15, 0.2) is 0 Å². The highest BCUT2D eigenvalue weighted by Crippen LogP contribution is 2.33. The van der Waals surface area contributed by atoms with E-state index in [0.717, 1.165) is 25.0 Å². The number of hydrogen-bond donors (Lipinski definition) is 1. The average Bonchev–Trinajstić information content (AvgIpc) is 2.87. The molecule has 21 heavy (non-hydrogen) atoms. The summed E-state index contributed by atoms with van der Waals surface area (Å²) >= 11 is 1.89. The van der Waals surface area contributed by atoms with Crippen LogP contribution in [-0.4, -0.2) is 31.2 Å². The third kappa shape index (κ3) is 3.88. The fraction of sp³-hybridized carbons (Fsp3) is 0.571. The van der Waals surface area contributed by atoms with Crippen molar-refractivity contribution in [1.29, 1.82) is 0 Å². The smallest absolute Gasteiger partial charge is 0.341 e. The number of anilines is 1. The number of nitrogens with one attached hydrogen (secondary N) is 1. The van der Waals surface area contributed by atoms with Crippen molar-refractivity contribution in [3.05, 3.63) is 24.3 Å². The van der Waals surface area contributed by atoms with Crippen molar-refractivity contribution < 1.29 is 17.2 Å². The third-order valence-electron chi connectivity index (χ3n) is 3.57. The van der Waals surface area contributed by atoms with E-state index in [0.29, 0.717) is 5.25 Å². The molecule has 0 aromatic heterocycles. The van der Waals surface area contributed by atoms with E-state index in [2.05, 4.69) is 12.2 Å². The minimum Gasteiger partial charge on any atom is -0.381 e. The Kier molecular flexibility index (Phi) is 5.48. The van der Waals surface area contributed by atoms with Crippen LogP contribution in [0.25, 0.3) is 0 Å². The van der Waals surface area contributed by atoms with Gasteiger partial charge in [-0.1, -0.05) is 19.1 Å². The monoisotopic (exact) mass is 335 g/mol. The third-order valence-corrected chi connectivity index (χ3v) is 6.25. The van der Waals surface area contributed by atoms with E-state index in [-0.39, 0.29) is 16.6 Å². The van der Waals surface area contributed by atoms with Crippen LogP contribution >= 0.6 is 11.8 Å². The van der Waals surface area contributed by atoms with Gasteiger partial charge in [0.2, 0.25) is 9.84 Å². The van der Waals surface area contributed by atoms with E-state index in [1.165, 1.54) is 12.1 Å². The standard InChI is InChI=1S/C14H19F2NO2S2/c1-2-20-11-8-7-10(9-11)17-12-5-3-4-6-13(12)21(18,19)14(15)16/h3-6,10-11,14,17H,2,7-9H2,1H3. The Balaban J connectivity index is 2.15. The summed E-state index contributed by atoms with van der Waals surface area (Å²) < 4.78 is 48.9. The number of benzene rings is 1. The molecule has 1 aromatic carbocycles. The van der Waals surface area contributed by atoms with Crippen molar-refractivity contribution in [3.63, 3.8) is 0 Å². The lowest BCUT2D eigenvalue weighted by Gasteiger charge is -2.17. The van der Waals surface area contributed by atoms with Gasteiger partial charge in [-0.15, -0.1) is 0 Å². The molecule has 2 unspecified atom stereocenters. The molecule has 0 amide bonds. The summed E-state index contributed by atoms with van der Waals surface area (Å²) in [6.45, 7) is 2.11. The van der Waals surface area contributed by atoms with Gasteiger partial charge in [-0.2, -0.15) is 20.5 Å². The predicted molar refractivity (Wildman–Crippen MR) is 82.8 cm³/mol. The van der Waals surface area contributed by atoms with Crippen molar-refractivity contribution in [1.82, 2.24) is 0 Å². The lowest BCUT2D eigenvalue weighted by molar-refractivity contribution is 0.235. The number of alkyl halides is 2. The largest absolute Gasteiger partial charge is 0.381 e. The molecule has 118 valence electrons. The number of thioether (sulfide) groups is 1. The number of rotatable bonds is 6. The number of para-hydroxylation sites is 1. The highest BCUT2D eigenvalue weighted by molar-refractivity contribution is 7.99. The van der Waals surface area contributed by atoms with Gasteiger partial charge in [-0.25, -0.2) is 8.42 Å². The SMILES string of the molecule is CCSC1CCC(Nc2ccccc2S(=O)(=O)C(F)F)C1. The topological polar surface area (TPSA) is 46.2 Å². The van der Waals surface area contributed by atoms with Crippen LogP contribution in [-0.2, 0) is 9.84 Å². The van der Waals surface area contributed by atoms with Crippen LogP contribution in [0.2, 0.25) is 0 Å². The molecule has 0 spiro atoms. The molecular formula is C14H19F2NO2S2. The quantitative estimate of drug-likeness (QED) is 0.859. The summed E-state index contributed by atoms with van der Waals surface area (Å²) in [5.74, 6) is -2.35. The minimum atomic E-state index is -4.57. The zero-order valence-corrected chi connectivity index (χ0v) is 13.4. The first kappa shape index (κ1) is 16.5. The zero-order chi connectivity index (χ0) is 15.5. The molecule has 0 heterocycles. The maximum atomic E-state index is 12.7. The lowest BCUT2D eigenvalue weighted by atomic mass is 10.2. The molecule has 0 saturated heterocycles. The second-order valence-corrected chi connectivity index (χ2v) is 8.50. The molecule has 3 nitrogen and oxygen atoms in total. The summed E-state index contributed by atoms with van der Waals surface area (Å²) in [7, 11) is -4.57. The first-order valence-corrected chi connectivity index (χ1v) is 9.54. The molecule has 1 saturated carbocycles. The van der Waals surface area contributed by atoms with Gasteiger partial charge in [-0.05, 0) is 37.1 Å². The molecule has 7 heteroatoms. The molecule has 0 aliphatic heterocycles. The summed E-state index contributed by atoms with van der Waals surface area (Å²) in [4.78, 5) is -0.313. The van der Waals surface area contributed by atoms with Crippen LogP contribution in [0.4, 0.5) is 14.5 Å². The number of halogens is 2. The molecule has 1 N–H and O–H groups in total. The van der Waals surface area contributed by atoms with Gasteiger partial charge in [0, 0.05) is 11.3 Å². The predicted octanol–water partition coefficient (Wildman–Crippen LogP) is 3.77. The van der Waals surface area contributed by atoms with E-state index in [9.17, 15) is 17.2 Å². The van der Waals surface area contributed by atoms with Crippen LogP contribution in [0.3, 0.4) is 0 Å². The average molecular weight is 335 g/mol. The Hall–Kier alpha value is -0.820. The van der Waals surface area contributed by atoms with Crippen molar-refractivity contribution in [2.45, 2.75) is 48.1 Å². The Bertz CT molecular complexity index is 578. The Labute approximate surface area is 128 Å². The van der Waals surface area contributed by atoms with Crippen LogP contribution in [0, 0.1) is 0 Å². The summed E-state index contributed by atoms with van der Waals surface area (Å²) in [6.07, 6.45) is 2.93. The van der Waals surface area contributed by atoms with E-state index in [1.54, 1.807) is 12.1 Å². The van der Waals surface area contributed by atoms with Gasteiger partial charge in [0.1, 0.15) is 0 Å². The van der Waals surface area contributed by atoms with Crippen molar-refractivity contribution >= 4 is 27.3 Å². The Morgan fingerprint density at radius 1 is 1.33 bits per heavy atom. The fourth-order valence-electron chi connectivity index (χ4n) is 2.61. The maximum Gasteiger partial charge on any atom is 0.341 e. The first-order valence-electron chi connectivity index (χ1n) is 6.94. The molecule has 2 atom stereocenters. The van der Waals surface area contributed by atoms with Crippen molar-refractivity contribution in [3.8, 4) is 0 Å². The normalized spacial score (nSPS) is 22.7. The van der Waals surface area contributed by atoms with Gasteiger partial charge < -0.3 is 5.32 Å². The molecule has 2 rings (SSSR count). The van der Waals surface area contributed by atoms with Crippen LogP contribution < -0.4 is 5.32 Å². The van der Waals surface area contributed by atoms with Crippen molar-refractivity contribution in [2.24, 2.45) is 0 Å². The van der Waals surface area contributed by atoms with Gasteiger partial charge >= 0.3 is 5.76 Å². The molecule has 1 fully saturated rings. The molecule has 1 aromatic rings. The molecule has 1 aliphatic rings. The molecule has 0 radical (unpaired) electrons. The van der Waals surface area contributed by atoms with E-state index in [4.69, 9.17) is 0 Å². The van der Waals surface area contributed by atoms with Gasteiger partial charge in [-0.3, -0.25) is 0 Å². The molecular weight excluding hydrogens is 316 g/mol. The fourth-order valence-corrected chi connectivity index (χ4v) is 4.64. The lowest BCUT2D eigenvalue weighted by Crippen LogP contribution is -2.20. The van der Waals surface area contributed by atoms with Crippen LogP contribution in [0.15, 0.2) is 29.2 Å². The van der Waals surface area contributed by atoms with Gasteiger partial charge in [0.05, 0.1) is 10.6 Å². The van der Waals surface area contributed by atoms with Crippen molar-refractivity contribution in [2.75, 3.05) is 11.1 Å². The van der Waals surface area contributed by atoms with Gasteiger partial charge in [0.25, 0.3) is 0 Å². The van der Waals surface area contributed by atoms with Crippen LogP contribution in [0.1, 0.15) is 26.2 Å². The number of hydrogen-bond acceptors (Lipinski definition) is 4. The second kappa shape index (κ2) is 6.96. The highest BCUT2D eigenvalue weighted by atomic mass is 32.2. The second-order valence-electron chi connectivity index (χ2n) is 5.03.